The second-order valence-corrected chi connectivity index (χ2v) is 4.07. The maximum atomic E-state index is 8.07. The minimum absolute atomic E-state index is 0.135. The maximum Gasteiger partial charge on any atom is 0.0794 e. The first kappa shape index (κ1) is 13.3. The zero-order chi connectivity index (χ0) is 9.94. The lowest BCUT2D eigenvalue weighted by Gasteiger charge is -1.89. The van der Waals surface area contributed by atoms with Gasteiger partial charge in [0.05, 0.1) is 19.7 Å². The quantitative estimate of drug-likeness (QED) is 0.528. The van der Waals surface area contributed by atoms with Crippen molar-refractivity contribution in [2.24, 2.45) is 0 Å². The molecule has 0 aliphatic rings. The van der Waals surface area contributed by atoms with E-state index >= 15 is 0 Å². The lowest BCUT2D eigenvalue weighted by atomic mass is 10.2. The fourth-order valence-electron chi connectivity index (χ4n) is 0.619. The van der Waals surface area contributed by atoms with Crippen LogP contribution in [-0.4, -0.2) is 18.3 Å². The molecule has 0 radical (unpaired) electrons. The van der Waals surface area contributed by atoms with Gasteiger partial charge < -0.3 is 9.63 Å². The van der Waals surface area contributed by atoms with Crippen molar-refractivity contribution in [2.45, 2.75) is 6.92 Å². The third kappa shape index (κ3) is 10.2. The fraction of sp³-hybridized carbons (Fsp3) is 0.333. The minimum Gasteiger partial charge on any atom is -0.394 e. The number of hydrogen-bond donors (Lipinski definition) is 1. The largest absolute Gasteiger partial charge is 0.394 e. The second-order valence-electron chi connectivity index (χ2n) is 2.30. The van der Waals surface area contributed by atoms with Crippen molar-refractivity contribution < 1.29 is 9.63 Å². The lowest BCUT2D eigenvalue weighted by molar-refractivity contribution is 0.219. The van der Waals surface area contributed by atoms with Gasteiger partial charge in [0.1, 0.15) is 0 Å². The van der Waals surface area contributed by atoms with Gasteiger partial charge in [-0.1, -0.05) is 35.9 Å². The third-order valence-corrected chi connectivity index (χ3v) is 2.44. The molecule has 0 fully saturated rings. The summed E-state index contributed by atoms with van der Waals surface area (Å²) in [6.45, 7) is 3.17. The topological polar surface area (TPSA) is 29.5 Å². The van der Waals surface area contributed by atoms with Crippen LogP contribution in [0.15, 0.2) is 30.3 Å². The van der Waals surface area contributed by atoms with Crippen LogP contribution >= 0.6 is 28.5 Å². The molecule has 0 aromatic heterocycles. The van der Waals surface area contributed by atoms with Gasteiger partial charge in [0.2, 0.25) is 0 Å². The molecule has 74 valence electrons. The summed E-state index contributed by atoms with van der Waals surface area (Å²) >= 11 is 2.11. The number of aliphatic hydroxyl groups is 1. The van der Waals surface area contributed by atoms with Crippen molar-refractivity contribution in [3.63, 3.8) is 0 Å². The number of benzene rings is 1. The molecular formula is C9H14IO2P. The summed E-state index contributed by atoms with van der Waals surface area (Å²) < 4.78 is 4.75. The van der Waals surface area contributed by atoms with Crippen LogP contribution in [0, 0.1) is 6.92 Å². The molecule has 0 amide bonds. The molecule has 0 spiro atoms. The summed E-state index contributed by atoms with van der Waals surface area (Å²) in [5.74, 6) is 0. The Bertz CT molecular complexity index is 190. The number of hydrogen-bond acceptors (Lipinski definition) is 2. The van der Waals surface area contributed by atoms with Crippen LogP contribution in [0.4, 0.5) is 0 Å². The first-order valence-corrected chi connectivity index (χ1v) is 7.93. The molecule has 0 aliphatic carbocycles. The van der Waals surface area contributed by atoms with Crippen molar-refractivity contribution in [3.05, 3.63) is 35.9 Å². The Morgan fingerprint density at radius 3 is 2.23 bits per heavy atom. The van der Waals surface area contributed by atoms with Gasteiger partial charge in [0.25, 0.3) is 0 Å². The van der Waals surface area contributed by atoms with Crippen LogP contribution < -0.4 is 0 Å². The average molecular weight is 312 g/mol. The number of aliphatic hydroxyl groups excluding tert-OH is 1. The number of rotatable bonds is 3. The van der Waals surface area contributed by atoms with E-state index in [1.54, 1.807) is 0 Å². The summed E-state index contributed by atoms with van der Waals surface area (Å²) in [7, 11) is 0. The van der Waals surface area contributed by atoms with Crippen LogP contribution in [-0.2, 0) is 4.52 Å². The van der Waals surface area contributed by atoms with E-state index in [-0.39, 0.29) is 6.61 Å². The van der Waals surface area contributed by atoms with E-state index in [9.17, 15) is 0 Å². The Hall–Kier alpha value is 0.300. The smallest absolute Gasteiger partial charge is 0.0794 e. The summed E-state index contributed by atoms with van der Waals surface area (Å²) in [5, 5.41) is 8.07. The summed E-state index contributed by atoms with van der Waals surface area (Å²) in [4.78, 5) is 0. The zero-order valence-corrected chi connectivity index (χ0v) is 10.7. The first-order chi connectivity index (χ1) is 6.31. The highest BCUT2D eigenvalue weighted by atomic mass is 127. The molecule has 0 saturated heterocycles. The third-order valence-electron chi connectivity index (χ3n) is 1.19. The highest BCUT2D eigenvalue weighted by Crippen LogP contribution is 2.20. The van der Waals surface area contributed by atoms with Crippen molar-refractivity contribution in [1.29, 1.82) is 0 Å². The Morgan fingerprint density at radius 1 is 1.38 bits per heavy atom. The van der Waals surface area contributed by atoms with Gasteiger partial charge in [0.15, 0.2) is 0 Å². The fourth-order valence-corrected chi connectivity index (χ4v) is 1.45. The summed E-state index contributed by atoms with van der Waals surface area (Å²) in [6.07, 6.45) is 0. The summed E-state index contributed by atoms with van der Waals surface area (Å²) in [5.41, 5.74) is 1.32. The molecule has 1 atom stereocenters. The van der Waals surface area contributed by atoms with E-state index in [2.05, 4.69) is 41.1 Å². The first-order valence-electron chi connectivity index (χ1n) is 3.91. The minimum atomic E-state index is 0.135. The molecule has 1 aromatic carbocycles. The molecule has 4 heteroatoms. The van der Waals surface area contributed by atoms with E-state index < -0.39 is 0 Å². The SMILES string of the molecule is Cc1ccccc1.OCCOPI. The predicted molar refractivity (Wildman–Crippen MR) is 66.6 cm³/mol. The highest BCUT2D eigenvalue weighted by molar-refractivity contribution is 14.2. The monoisotopic (exact) mass is 312 g/mol. The van der Waals surface area contributed by atoms with Gasteiger partial charge in [-0.25, -0.2) is 0 Å². The molecular weight excluding hydrogens is 298 g/mol. The van der Waals surface area contributed by atoms with E-state index in [1.807, 2.05) is 18.2 Å². The highest BCUT2D eigenvalue weighted by Gasteiger charge is 1.75. The molecule has 1 unspecified atom stereocenters. The van der Waals surface area contributed by atoms with E-state index in [0.717, 1.165) is 0 Å². The molecule has 0 heterocycles. The van der Waals surface area contributed by atoms with E-state index in [4.69, 9.17) is 9.63 Å². The van der Waals surface area contributed by atoms with Crippen LogP contribution in [0.1, 0.15) is 5.56 Å². The number of halogens is 1. The van der Waals surface area contributed by atoms with Gasteiger partial charge in [-0.3, -0.25) is 0 Å². The molecule has 1 rings (SSSR count). The molecule has 0 bridgehead atoms. The Morgan fingerprint density at radius 2 is 2.00 bits per heavy atom. The van der Waals surface area contributed by atoms with Crippen molar-refractivity contribution in [3.8, 4) is 0 Å². The van der Waals surface area contributed by atoms with Crippen LogP contribution in [0.25, 0.3) is 0 Å². The normalized spacial score (nSPS) is 9.77. The molecule has 13 heavy (non-hydrogen) atoms. The van der Waals surface area contributed by atoms with Gasteiger partial charge in [-0.2, -0.15) is 0 Å². The Labute approximate surface area is 94.0 Å². The maximum absolute atomic E-state index is 8.07. The Balaban J connectivity index is 0.000000226. The van der Waals surface area contributed by atoms with Crippen LogP contribution in [0.2, 0.25) is 0 Å². The molecule has 0 aliphatic heterocycles. The average Bonchev–Trinajstić information content (AvgIpc) is 2.17. The lowest BCUT2D eigenvalue weighted by Crippen LogP contribution is -1.88. The van der Waals surface area contributed by atoms with Gasteiger partial charge in [-0.05, 0) is 29.0 Å². The molecule has 0 saturated carbocycles. The molecule has 1 aromatic rings. The van der Waals surface area contributed by atoms with Gasteiger partial charge in [0, 0.05) is 0 Å². The van der Waals surface area contributed by atoms with E-state index in [1.165, 1.54) is 5.56 Å². The summed E-state index contributed by atoms with van der Waals surface area (Å²) in [6, 6.07) is 10.3. The van der Waals surface area contributed by atoms with E-state index in [0.29, 0.717) is 13.1 Å². The molecule has 2 nitrogen and oxygen atoms in total. The number of aryl methyl sites for hydroxylation is 1. The van der Waals surface area contributed by atoms with Crippen LogP contribution in [0.5, 0.6) is 0 Å². The molecule has 1 N–H and O–H groups in total. The van der Waals surface area contributed by atoms with Gasteiger partial charge >= 0.3 is 0 Å². The van der Waals surface area contributed by atoms with Crippen molar-refractivity contribution >= 4 is 28.5 Å². The van der Waals surface area contributed by atoms with Gasteiger partial charge in [-0.15, -0.1) is 0 Å². The van der Waals surface area contributed by atoms with Crippen molar-refractivity contribution in [1.82, 2.24) is 0 Å². The zero-order valence-electron chi connectivity index (χ0n) is 7.53. The Kier molecular flexibility index (Phi) is 10.6. The van der Waals surface area contributed by atoms with Crippen molar-refractivity contribution in [2.75, 3.05) is 13.2 Å². The predicted octanol–water partition coefficient (Wildman–Crippen LogP) is 2.93. The second kappa shape index (κ2) is 10.4. The van der Waals surface area contributed by atoms with Crippen LogP contribution in [0.3, 0.4) is 0 Å². The standard InChI is InChI=1S/C7H8.C2H6IO2P/c1-7-5-3-2-4-6-7;3-6-5-2-1-4/h2-6H,1H3;4,6H,1-2H2.